The first-order valence-corrected chi connectivity index (χ1v) is 9.95. The molecule has 130 valence electrons. The van der Waals surface area contributed by atoms with E-state index < -0.39 is 10.0 Å². The number of fused-ring (bicyclic) bond motifs is 3. The summed E-state index contributed by atoms with van der Waals surface area (Å²) in [5, 5.41) is 8.34. The molecule has 2 aromatic heterocycles. The van der Waals surface area contributed by atoms with E-state index in [4.69, 9.17) is 23.2 Å². The lowest BCUT2D eigenvalue weighted by molar-refractivity contribution is 0.508. The minimum Gasteiger partial charge on any atom is -0.261 e. The van der Waals surface area contributed by atoms with E-state index in [0.717, 1.165) is 23.0 Å². The second kappa shape index (κ2) is 6.25. The average molecular weight is 397 g/mol. The van der Waals surface area contributed by atoms with Crippen LogP contribution in [0.3, 0.4) is 0 Å². The number of nitrogens with one attached hydrogen (secondary N) is 2. The highest BCUT2D eigenvalue weighted by atomic mass is 35.5. The molecular weight excluding hydrogens is 383 g/mol. The Morgan fingerprint density at radius 1 is 1.24 bits per heavy atom. The summed E-state index contributed by atoms with van der Waals surface area (Å²) in [5.41, 5.74) is 2.96. The number of rotatable bonds is 3. The molecule has 0 aliphatic heterocycles. The predicted molar refractivity (Wildman–Crippen MR) is 96.5 cm³/mol. The van der Waals surface area contributed by atoms with Gasteiger partial charge < -0.3 is 0 Å². The van der Waals surface area contributed by atoms with Crippen LogP contribution >= 0.6 is 23.2 Å². The fourth-order valence-corrected chi connectivity index (χ4v) is 5.25. The maximum absolute atomic E-state index is 12.7. The van der Waals surface area contributed by atoms with Crippen LogP contribution in [0.5, 0.6) is 0 Å². The Hall–Kier alpha value is -1.67. The van der Waals surface area contributed by atoms with Crippen LogP contribution in [-0.4, -0.2) is 29.6 Å². The molecule has 3 aromatic rings. The van der Waals surface area contributed by atoms with Gasteiger partial charge in [-0.05, 0) is 48.6 Å². The highest BCUT2D eigenvalue weighted by molar-refractivity contribution is 7.89. The number of nitrogens with zero attached hydrogens (tertiary/aromatic N) is 2. The molecule has 0 bridgehead atoms. The maximum atomic E-state index is 12.7. The van der Waals surface area contributed by atoms with Crippen molar-refractivity contribution < 1.29 is 8.42 Å². The van der Waals surface area contributed by atoms with Gasteiger partial charge in [-0.25, -0.2) is 18.1 Å². The minimum absolute atomic E-state index is 0.00382. The molecule has 1 aliphatic carbocycles. The van der Waals surface area contributed by atoms with E-state index in [1.807, 2.05) is 0 Å². The van der Waals surface area contributed by atoms with Gasteiger partial charge in [0.1, 0.15) is 4.90 Å². The SMILES string of the molecule is O=S(=O)(NC1CCc2c(cnc3[nH]ncc23)C1)c1cc(Cl)ccc1Cl. The van der Waals surface area contributed by atoms with Gasteiger partial charge in [-0.15, -0.1) is 0 Å². The number of sulfonamides is 1. The third kappa shape index (κ3) is 3.13. The molecule has 0 spiro atoms. The number of halogens is 2. The summed E-state index contributed by atoms with van der Waals surface area (Å²) in [4.78, 5) is 4.33. The van der Waals surface area contributed by atoms with Crippen LogP contribution in [0.1, 0.15) is 17.5 Å². The van der Waals surface area contributed by atoms with Gasteiger partial charge in [-0.3, -0.25) is 5.10 Å². The molecule has 1 atom stereocenters. The van der Waals surface area contributed by atoms with Crippen molar-refractivity contribution in [3.8, 4) is 0 Å². The van der Waals surface area contributed by atoms with E-state index in [2.05, 4.69) is 19.9 Å². The van der Waals surface area contributed by atoms with Gasteiger partial charge in [0, 0.05) is 22.6 Å². The van der Waals surface area contributed by atoms with Crippen LogP contribution in [0, 0.1) is 0 Å². The minimum atomic E-state index is -3.75. The van der Waals surface area contributed by atoms with Gasteiger partial charge in [-0.1, -0.05) is 23.2 Å². The summed E-state index contributed by atoms with van der Waals surface area (Å²) < 4.78 is 28.1. The van der Waals surface area contributed by atoms with Gasteiger partial charge in [0.15, 0.2) is 5.65 Å². The van der Waals surface area contributed by atoms with Crippen molar-refractivity contribution in [1.29, 1.82) is 0 Å². The predicted octanol–water partition coefficient (Wildman–Crippen LogP) is 3.10. The highest BCUT2D eigenvalue weighted by Crippen LogP contribution is 2.29. The molecule has 0 saturated heterocycles. The van der Waals surface area contributed by atoms with Crippen LogP contribution < -0.4 is 4.72 Å². The van der Waals surface area contributed by atoms with Gasteiger partial charge in [0.2, 0.25) is 10.0 Å². The number of benzene rings is 1. The molecule has 9 heteroatoms. The van der Waals surface area contributed by atoms with Crippen LogP contribution in [0.2, 0.25) is 10.0 Å². The zero-order valence-corrected chi connectivity index (χ0v) is 15.3. The molecule has 1 aromatic carbocycles. The summed E-state index contributed by atoms with van der Waals surface area (Å²) in [6, 6.07) is 4.17. The van der Waals surface area contributed by atoms with Crippen molar-refractivity contribution in [2.45, 2.75) is 30.2 Å². The third-order valence-corrected chi connectivity index (χ3v) is 6.63. The normalized spacial score (nSPS) is 17.6. The van der Waals surface area contributed by atoms with Crippen LogP contribution in [0.25, 0.3) is 11.0 Å². The zero-order chi connectivity index (χ0) is 17.6. The first-order chi connectivity index (χ1) is 11.9. The smallest absolute Gasteiger partial charge is 0.242 e. The summed E-state index contributed by atoms with van der Waals surface area (Å²) >= 11 is 11.9. The average Bonchev–Trinajstić information content (AvgIpc) is 3.05. The molecule has 2 heterocycles. The number of pyridine rings is 1. The maximum Gasteiger partial charge on any atom is 0.242 e. The highest BCUT2D eigenvalue weighted by Gasteiger charge is 2.27. The number of aromatic nitrogens is 3. The first kappa shape index (κ1) is 16.8. The Bertz CT molecular complexity index is 1070. The van der Waals surface area contributed by atoms with Crippen LogP contribution in [0.15, 0.2) is 35.5 Å². The summed E-state index contributed by atoms with van der Waals surface area (Å²) in [6.45, 7) is 0. The first-order valence-electron chi connectivity index (χ1n) is 7.71. The number of aryl methyl sites for hydroxylation is 1. The quantitative estimate of drug-likeness (QED) is 0.711. The Morgan fingerprint density at radius 3 is 2.92 bits per heavy atom. The molecule has 6 nitrogen and oxygen atoms in total. The fourth-order valence-electron chi connectivity index (χ4n) is 3.22. The number of hydrogen-bond acceptors (Lipinski definition) is 4. The fraction of sp³-hybridized carbons (Fsp3) is 0.250. The Balaban J connectivity index is 1.61. The lowest BCUT2D eigenvalue weighted by Gasteiger charge is -2.25. The number of aromatic amines is 1. The monoisotopic (exact) mass is 396 g/mol. The number of hydrogen-bond donors (Lipinski definition) is 2. The lowest BCUT2D eigenvalue weighted by Crippen LogP contribution is -2.39. The molecule has 1 aliphatic rings. The standard InChI is InChI=1S/C16H14Cl2N4O2S/c17-10-1-4-14(18)15(6-10)25(23,24)22-11-2-3-12-9(5-11)7-19-16-13(12)8-20-21-16/h1,4,6-8,11,22H,2-3,5H2,(H,19,20,21). The van der Waals surface area contributed by atoms with Gasteiger partial charge >= 0.3 is 0 Å². The Morgan fingerprint density at radius 2 is 2.08 bits per heavy atom. The van der Waals surface area contributed by atoms with Crippen molar-refractivity contribution in [2.75, 3.05) is 0 Å². The van der Waals surface area contributed by atoms with Gasteiger partial charge in [0.25, 0.3) is 0 Å². The van der Waals surface area contributed by atoms with Crippen molar-refractivity contribution in [3.05, 3.63) is 51.8 Å². The third-order valence-electron chi connectivity index (χ3n) is 4.40. The molecule has 0 radical (unpaired) electrons. The van der Waals surface area contributed by atoms with Crippen LogP contribution in [-0.2, 0) is 22.9 Å². The number of H-pyrrole nitrogens is 1. The summed E-state index contributed by atoms with van der Waals surface area (Å²) in [5.74, 6) is 0. The molecule has 2 N–H and O–H groups in total. The van der Waals surface area contributed by atoms with E-state index >= 15 is 0 Å². The molecular formula is C16H14Cl2N4O2S. The Labute approximate surface area is 154 Å². The molecule has 25 heavy (non-hydrogen) atoms. The van der Waals surface area contributed by atoms with E-state index in [-0.39, 0.29) is 16.0 Å². The Kier molecular flexibility index (Phi) is 4.19. The molecule has 0 saturated carbocycles. The van der Waals surface area contributed by atoms with E-state index in [0.29, 0.717) is 17.9 Å². The largest absolute Gasteiger partial charge is 0.261 e. The van der Waals surface area contributed by atoms with Gasteiger partial charge in [-0.2, -0.15) is 5.10 Å². The molecule has 0 fully saturated rings. The van der Waals surface area contributed by atoms with E-state index in [1.54, 1.807) is 18.5 Å². The van der Waals surface area contributed by atoms with Crippen LogP contribution in [0.4, 0.5) is 0 Å². The van der Waals surface area contributed by atoms with E-state index in [1.165, 1.54) is 17.7 Å². The van der Waals surface area contributed by atoms with Crippen molar-refractivity contribution in [2.24, 2.45) is 0 Å². The second-order valence-corrected chi connectivity index (χ2v) is 8.56. The zero-order valence-electron chi connectivity index (χ0n) is 13.0. The van der Waals surface area contributed by atoms with Crippen molar-refractivity contribution in [3.63, 3.8) is 0 Å². The lowest BCUT2D eigenvalue weighted by atomic mass is 9.88. The summed E-state index contributed by atoms with van der Waals surface area (Å²) in [7, 11) is -3.75. The molecule has 4 rings (SSSR count). The second-order valence-electron chi connectivity index (χ2n) is 6.03. The van der Waals surface area contributed by atoms with Crippen molar-refractivity contribution in [1.82, 2.24) is 19.9 Å². The van der Waals surface area contributed by atoms with Crippen molar-refractivity contribution >= 4 is 44.3 Å². The topological polar surface area (TPSA) is 87.7 Å². The molecule has 0 amide bonds. The summed E-state index contributed by atoms with van der Waals surface area (Å²) in [6.07, 6.45) is 5.56. The molecule has 1 unspecified atom stereocenters. The van der Waals surface area contributed by atoms with E-state index in [9.17, 15) is 8.42 Å². The van der Waals surface area contributed by atoms with Gasteiger partial charge in [0.05, 0.1) is 11.2 Å².